The quantitative estimate of drug-likeness (QED) is 0.0143. The van der Waals surface area contributed by atoms with Gasteiger partial charge < -0.3 is 64.0 Å². The molecule has 0 aromatic carbocycles. The van der Waals surface area contributed by atoms with Crippen molar-refractivity contribution in [1.29, 1.82) is 0 Å². The fourth-order valence-corrected chi connectivity index (χ4v) is 16.9. The number of esters is 4. The highest BCUT2D eigenvalue weighted by atomic mass is 31.2. The van der Waals surface area contributed by atoms with Crippen LogP contribution in [-0.4, -0.2) is 155 Å². The Kier molecular flexibility index (Phi) is 83.8. The van der Waals surface area contributed by atoms with Gasteiger partial charge in [0.2, 0.25) is 11.8 Å². The number of ether oxygens (including phenoxy) is 6. The van der Waals surface area contributed by atoms with Gasteiger partial charge in [-0.25, -0.2) is 4.57 Å². The van der Waals surface area contributed by atoms with Crippen LogP contribution < -0.4 is 10.6 Å². The van der Waals surface area contributed by atoms with Crippen LogP contribution in [0.5, 0.6) is 0 Å². The minimum atomic E-state index is -5.53. The van der Waals surface area contributed by atoms with Crippen LogP contribution in [0.1, 0.15) is 505 Å². The predicted molar refractivity (Wildman–Crippen MR) is 495 cm³/mol. The third kappa shape index (κ3) is 73.4. The second-order valence-corrected chi connectivity index (χ2v) is 36.6. The molecule has 0 aromatic rings. The van der Waals surface area contributed by atoms with Crippen molar-refractivity contribution in [2.75, 3.05) is 39.5 Å². The molecule has 0 aromatic heterocycles. The van der Waals surface area contributed by atoms with Crippen LogP contribution in [0.4, 0.5) is 0 Å². The fourth-order valence-electron chi connectivity index (χ4n) is 16.3. The SMILES string of the molecule is CCCCCCCCCCCCCC(=O)O[C@H](CCCCCCCCCCC)CC(=O)N[C@H](CO)CO[C@H]1O[C@H](CO)[C@@H](OP(=O)(O)O)[C@H](OC(=O)C[C@@H](CCCCCCCCCCC)OC(=O)CCCCCCCCCCCCC)[C@@H]1NC(=O)C[C@@H](CCCCCCCCCCC)OC(=O)CCCCCCCCCCCCC.CCN(CC)CC. The van der Waals surface area contributed by atoms with Crippen molar-refractivity contribution in [3.05, 3.63) is 0 Å². The minimum absolute atomic E-state index is 0.154. The molecule has 1 saturated heterocycles. The topological polar surface area (TPSA) is 292 Å². The summed E-state index contributed by atoms with van der Waals surface area (Å²) < 4.78 is 55.8. The van der Waals surface area contributed by atoms with Crippen molar-refractivity contribution in [3.8, 4) is 0 Å². The number of aliphatic hydroxyl groups is 2. The first kappa shape index (κ1) is 118. The van der Waals surface area contributed by atoms with Gasteiger partial charge in [-0.15, -0.1) is 0 Å². The van der Waals surface area contributed by atoms with Crippen molar-refractivity contribution >= 4 is 43.5 Å². The van der Waals surface area contributed by atoms with Gasteiger partial charge in [0.1, 0.15) is 36.6 Å². The maximum Gasteiger partial charge on any atom is 0.470 e. The van der Waals surface area contributed by atoms with Crippen LogP contribution in [0.25, 0.3) is 0 Å². The van der Waals surface area contributed by atoms with Crippen molar-refractivity contribution in [2.45, 2.75) is 560 Å². The average Bonchev–Trinajstić information content (AvgIpc) is 0.779. The molecule has 0 saturated carbocycles. The van der Waals surface area contributed by atoms with Crippen molar-refractivity contribution in [3.63, 3.8) is 0 Å². The largest absolute Gasteiger partial charge is 0.470 e. The van der Waals surface area contributed by atoms with E-state index in [0.29, 0.717) is 51.4 Å². The van der Waals surface area contributed by atoms with Gasteiger partial charge in [-0.1, -0.05) is 409 Å². The maximum atomic E-state index is 15.0. The van der Waals surface area contributed by atoms with E-state index in [1.807, 2.05) is 0 Å². The third-order valence-corrected chi connectivity index (χ3v) is 24.5. The Balaban J connectivity index is 0.0000196. The fraction of sp³-hybridized carbons (Fsp3) is 0.939. The van der Waals surface area contributed by atoms with E-state index >= 15 is 0 Å². The van der Waals surface area contributed by atoms with E-state index in [0.717, 1.165) is 173 Å². The van der Waals surface area contributed by atoms with Gasteiger partial charge in [-0.2, -0.15) is 0 Å². The first-order chi connectivity index (χ1) is 58.8. The number of amides is 2. The highest BCUT2D eigenvalue weighted by molar-refractivity contribution is 7.46. The molecule has 22 heteroatoms. The second-order valence-electron chi connectivity index (χ2n) is 35.4. The molecule has 1 aliphatic rings. The molecule has 716 valence electrons. The molecular formula is C99H192N3O18P. The zero-order chi connectivity index (χ0) is 89.1. The molecule has 9 atom stereocenters. The Bertz CT molecular complexity index is 2400. The molecule has 0 aliphatic carbocycles. The number of rotatable bonds is 88. The summed E-state index contributed by atoms with van der Waals surface area (Å²) in [7, 11) is -5.53. The number of nitrogens with one attached hydrogen (secondary N) is 2. The van der Waals surface area contributed by atoms with E-state index in [4.69, 9.17) is 32.9 Å². The monoisotopic (exact) mass is 1740 g/mol. The summed E-state index contributed by atoms with van der Waals surface area (Å²) in [6, 6.07) is -2.81. The van der Waals surface area contributed by atoms with Gasteiger partial charge in [-0.05, 0) is 77.4 Å². The van der Waals surface area contributed by atoms with E-state index in [9.17, 15) is 53.3 Å². The number of unbranched alkanes of at least 4 members (excludes halogenated alkanes) is 54. The number of carbonyl (C=O) groups is 6. The number of aliphatic hydroxyl groups excluding tert-OH is 2. The van der Waals surface area contributed by atoms with Gasteiger partial charge in [0.15, 0.2) is 12.4 Å². The Morgan fingerprint density at radius 1 is 0.355 bits per heavy atom. The third-order valence-electron chi connectivity index (χ3n) is 24.0. The molecule has 0 bridgehead atoms. The highest BCUT2D eigenvalue weighted by Crippen LogP contribution is 2.43. The van der Waals surface area contributed by atoms with Crippen LogP contribution in [0.3, 0.4) is 0 Å². The first-order valence-corrected chi connectivity index (χ1v) is 52.7. The summed E-state index contributed by atoms with van der Waals surface area (Å²) in [6.45, 7) is 21.3. The van der Waals surface area contributed by atoms with Crippen LogP contribution >= 0.6 is 7.82 Å². The summed E-state index contributed by atoms with van der Waals surface area (Å²) >= 11 is 0. The lowest BCUT2D eigenvalue weighted by molar-refractivity contribution is -0.272. The molecule has 2 amide bonds. The van der Waals surface area contributed by atoms with E-state index in [1.165, 1.54) is 199 Å². The van der Waals surface area contributed by atoms with Crippen molar-refractivity contribution < 1.29 is 86.3 Å². The number of hydrogen-bond donors (Lipinski definition) is 6. The molecule has 1 fully saturated rings. The van der Waals surface area contributed by atoms with Crippen LogP contribution in [0.2, 0.25) is 0 Å². The Morgan fingerprint density at radius 2 is 0.628 bits per heavy atom. The van der Waals surface area contributed by atoms with Crippen LogP contribution in [0, 0.1) is 0 Å². The van der Waals surface area contributed by atoms with Gasteiger partial charge in [-0.3, -0.25) is 33.3 Å². The Morgan fingerprint density at radius 3 is 0.893 bits per heavy atom. The summed E-state index contributed by atoms with van der Waals surface area (Å²) in [4.78, 5) is 109. The van der Waals surface area contributed by atoms with Gasteiger partial charge in [0.25, 0.3) is 0 Å². The predicted octanol–water partition coefficient (Wildman–Crippen LogP) is 25.2. The van der Waals surface area contributed by atoms with E-state index < -0.39 is 119 Å². The summed E-state index contributed by atoms with van der Waals surface area (Å²) in [6.07, 6.45) is 56.3. The molecule has 6 N–H and O–H groups in total. The number of nitrogens with zero attached hydrogens (tertiary/aromatic N) is 1. The lowest BCUT2D eigenvalue weighted by Gasteiger charge is -2.45. The first-order valence-electron chi connectivity index (χ1n) is 51.1. The lowest BCUT2D eigenvalue weighted by Crippen LogP contribution is -2.66. The normalized spacial score (nSPS) is 16.4. The number of hydrogen-bond acceptors (Lipinski definition) is 17. The van der Waals surface area contributed by atoms with Crippen molar-refractivity contribution in [2.24, 2.45) is 0 Å². The Hall–Kier alpha value is -3.27. The zero-order valence-electron chi connectivity index (χ0n) is 79.6. The summed E-state index contributed by atoms with van der Waals surface area (Å²) in [5.41, 5.74) is 0. The number of carbonyl (C=O) groups excluding carboxylic acids is 6. The van der Waals surface area contributed by atoms with Gasteiger partial charge >= 0.3 is 31.7 Å². The molecular weight excluding hydrogens is 1550 g/mol. The number of phosphoric acid groups is 1. The second kappa shape index (κ2) is 86.1. The molecule has 121 heavy (non-hydrogen) atoms. The van der Waals surface area contributed by atoms with E-state index in [-0.39, 0.29) is 38.1 Å². The smallest absolute Gasteiger partial charge is 0.462 e. The van der Waals surface area contributed by atoms with Gasteiger partial charge in [0, 0.05) is 19.3 Å². The van der Waals surface area contributed by atoms with E-state index in [2.05, 4.69) is 77.8 Å². The lowest BCUT2D eigenvalue weighted by atomic mass is 9.95. The van der Waals surface area contributed by atoms with Crippen LogP contribution in [-0.2, 0) is 66.3 Å². The summed E-state index contributed by atoms with van der Waals surface area (Å²) in [5, 5.41) is 27.7. The van der Waals surface area contributed by atoms with Crippen molar-refractivity contribution in [1.82, 2.24) is 15.5 Å². The Labute approximate surface area is 741 Å². The minimum Gasteiger partial charge on any atom is -0.462 e. The molecule has 1 heterocycles. The van der Waals surface area contributed by atoms with E-state index in [1.54, 1.807) is 0 Å². The number of phosphoric ester groups is 1. The molecule has 21 nitrogen and oxygen atoms in total. The summed E-state index contributed by atoms with van der Waals surface area (Å²) in [5.74, 6) is -3.47. The zero-order valence-corrected chi connectivity index (χ0v) is 80.5. The molecule has 0 radical (unpaired) electrons. The molecule has 1 rings (SSSR count). The average molecular weight is 1740 g/mol. The molecule has 0 spiro atoms. The maximum absolute atomic E-state index is 15.0. The van der Waals surface area contributed by atoms with Gasteiger partial charge in [0.05, 0.1) is 45.1 Å². The van der Waals surface area contributed by atoms with Crippen LogP contribution in [0.15, 0.2) is 0 Å². The molecule has 1 aliphatic heterocycles. The molecule has 0 unspecified atom stereocenters. The standard InChI is InChI=1S/C93H177N2O18P.C6H15N/c1-7-13-19-25-31-37-40-46-52-58-64-70-86(100)108-80(67-61-55-49-43-34-28-22-16-10-4)73-84(98)94-79(76-96)78-107-93-90(95-85(99)74-81(68-62-56-50-44-35-29-23-17-11-5)109-87(101)71-65-59-53-47-41-38-32-26-20-14-8-2)92(91(83(77-97)111-93)113-114(104,105)106)112-89(103)75-82(69-63-57-51-45-36-30-24-18-12-6)110-88(102)72-66-60-54-48-42-39-33-27-21-15-9-3;1-4-7(5-2)6-3/h79-83,90-93,96-97H,7-78H2,1-6H3,(H,94,98)(H,95,99)(H2,104,105,106);4-6H2,1-3H3/t79-,80-,81-,82-,83-,90+,91-,92-,93+;/m1./s1. The highest BCUT2D eigenvalue weighted by Gasteiger charge is 2.52.